The zero-order chi connectivity index (χ0) is 23.3. The van der Waals surface area contributed by atoms with Crippen molar-refractivity contribution in [3.8, 4) is 11.5 Å². The number of rotatable bonds is 14. The molecule has 0 aliphatic heterocycles. The highest BCUT2D eigenvalue weighted by molar-refractivity contribution is 6.01. The standard InChI is InChI=1S/C25H33NO6/c1-18-22(29-2)16-20(17-23(18)30-3)25(28)21(11-10-19-8-6-5-7-9-19)26-13-15-32-14-12-24(27)31-4/h5-9,16-17,21,26H,10-15H2,1-4H3. The highest BCUT2D eigenvalue weighted by atomic mass is 16.5. The summed E-state index contributed by atoms with van der Waals surface area (Å²) >= 11 is 0. The van der Waals surface area contributed by atoms with Crippen LogP contribution in [0.3, 0.4) is 0 Å². The topological polar surface area (TPSA) is 83.1 Å². The second-order valence-electron chi connectivity index (χ2n) is 7.34. The molecule has 0 aromatic heterocycles. The first-order valence-corrected chi connectivity index (χ1v) is 10.7. The van der Waals surface area contributed by atoms with Gasteiger partial charge in [-0.3, -0.25) is 9.59 Å². The molecule has 0 amide bonds. The Morgan fingerprint density at radius 3 is 2.22 bits per heavy atom. The SMILES string of the molecule is COC(=O)CCOCCNC(CCc1ccccc1)C(=O)c1cc(OC)c(C)c(OC)c1. The molecule has 1 atom stereocenters. The molecule has 1 unspecified atom stereocenters. The summed E-state index contributed by atoms with van der Waals surface area (Å²) in [5.41, 5.74) is 2.54. The maximum absolute atomic E-state index is 13.4. The second-order valence-corrected chi connectivity index (χ2v) is 7.34. The average molecular weight is 444 g/mol. The number of aryl methyl sites for hydroxylation is 1. The Labute approximate surface area is 190 Å². The molecule has 174 valence electrons. The summed E-state index contributed by atoms with van der Waals surface area (Å²) < 4.78 is 20.9. The number of hydrogen-bond acceptors (Lipinski definition) is 7. The maximum atomic E-state index is 13.4. The van der Waals surface area contributed by atoms with Gasteiger partial charge in [0.05, 0.1) is 47.0 Å². The lowest BCUT2D eigenvalue weighted by atomic mass is 9.96. The number of hydrogen-bond donors (Lipinski definition) is 1. The zero-order valence-electron chi connectivity index (χ0n) is 19.3. The number of nitrogens with one attached hydrogen (secondary N) is 1. The van der Waals surface area contributed by atoms with Gasteiger partial charge in [0.25, 0.3) is 0 Å². The van der Waals surface area contributed by atoms with Crippen LogP contribution in [0.5, 0.6) is 11.5 Å². The van der Waals surface area contributed by atoms with Crippen LogP contribution in [0.25, 0.3) is 0 Å². The zero-order valence-corrected chi connectivity index (χ0v) is 19.3. The highest BCUT2D eigenvalue weighted by Gasteiger charge is 2.22. The molecule has 2 rings (SSSR count). The number of ketones is 1. The van der Waals surface area contributed by atoms with E-state index in [4.69, 9.17) is 14.2 Å². The van der Waals surface area contributed by atoms with E-state index < -0.39 is 6.04 Å². The lowest BCUT2D eigenvalue weighted by Crippen LogP contribution is -2.39. The number of methoxy groups -OCH3 is 3. The fourth-order valence-electron chi connectivity index (χ4n) is 3.38. The lowest BCUT2D eigenvalue weighted by Gasteiger charge is -2.19. The van der Waals surface area contributed by atoms with Crippen LogP contribution in [0.15, 0.2) is 42.5 Å². The van der Waals surface area contributed by atoms with Crippen LogP contribution >= 0.6 is 0 Å². The Hall–Kier alpha value is -2.90. The van der Waals surface area contributed by atoms with E-state index in [1.54, 1.807) is 26.4 Å². The van der Waals surface area contributed by atoms with Gasteiger partial charge in [-0.2, -0.15) is 0 Å². The van der Waals surface area contributed by atoms with E-state index in [1.807, 2.05) is 25.1 Å². The van der Waals surface area contributed by atoms with Gasteiger partial charge in [-0.05, 0) is 37.5 Å². The quantitative estimate of drug-likeness (QED) is 0.272. The molecule has 0 saturated heterocycles. The third kappa shape index (κ3) is 7.66. The first-order valence-electron chi connectivity index (χ1n) is 10.7. The first-order chi connectivity index (χ1) is 15.5. The highest BCUT2D eigenvalue weighted by Crippen LogP contribution is 2.30. The monoisotopic (exact) mass is 443 g/mol. The summed E-state index contributed by atoms with van der Waals surface area (Å²) in [5.74, 6) is 0.879. The van der Waals surface area contributed by atoms with Gasteiger partial charge in [0.1, 0.15) is 11.5 Å². The minimum atomic E-state index is -0.406. The molecule has 0 aliphatic carbocycles. The molecule has 32 heavy (non-hydrogen) atoms. The van der Waals surface area contributed by atoms with E-state index in [2.05, 4.69) is 22.2 Å². The molecule has 0 fully saturated rings. The normalized spacial score (nSPS) is 11.6. The van der Waals surface area contributed by atoms with Crippen molar-refractivity contribution in [3.05, 3.63) is 59.2 Å². The minimum absolute atomic E-state index is 0.0351. The second kappa shape index (κ2) is 13.5. The number of ether oxygens (including phenoxy) is 4. The lowest BCUT2D eigenvalue weighted by molar-refractivity contribution is -0.141. The van der Waals surface area contributed by atoms with Gasteiger partial charge in [-0.25, -0.2) is 0 Å². The summed E-state index contributed by atoms with van der Waals surface area (Å²) in [7, 11) is 4.50. The third-order valence-electron chi connectivity index (χ3n) is 5.23. The molecule has 0 radical (unpaired) electrons. The number of carbonyl (C=O) groups excluding carboxylic acids is 2. The van der Waals surface area contributed by atoms with E-state index in [0.29, 0.717) is 36.6 Å². The van der Waals surface area contributed by atoms with Crippen LogP contribution in [-0.4, -0.2) is 58.9 Å². The van der Waals surface area contributed by atoms with E-state index in [0.717, 1.165) is 12.0 Å². The van der Waals surface area contributed by atoms with Gasteiger partial charge in [0.15, 0.2) is 5.78 Å². The molecule has 2 aromatic carbocycles. The molecule has 2 aromatic rings. The van der Waals surface area contributed by atoms with Crippen LogP contribution in [0, 0.1) is 6.92 Å². The first kappa shape index (κ1) is 25.4. The fourth-order valence-corrected chi connectivity index (χ4v) is 3.38. The Kier molecular flexibility index (Phi) is 10.7. The van der Waals surface area contributed by atoms with Crippen LogP contribution in [-0.2, 0) is 20.7 Å². The molecule has 0 saturated carbocycles. The van der Waals surface area contributed by atoms with Gasteiger partial charge in [0, 0.05) is 17.7 Å². The van der Waals surface area contributed by atoms with E-state index in [9.17, 15) is 9.59 Å². The smallest absolute Gasteiger partial charge is 0.307 e. The largest absolute Gasteiger partial charge is 0.496 e. The van der Waals surface area contributed by atoms with Crippen LogP contribution in [0.1, 0.15) is 34.3 Å². The molecule has 0 aliphatic rings. The van der Waals surface area contributed by atoms with Crippen molar-refractivity contribution >= 4 is 11.8 Å². The maximum Gasteiger partial charge on any atom is 0.307 e. The van der Waals surface area contributed by atoms with Crippen molar-refractivity contribution in [2.24, 2.45) is 0 Å². The van der Waals surface area contributed by atoms with Crippen molar-refractivity contribution in [1.29, 1.82) is 0 Å². The molecular weight excluding hydrogens is 410 g/mol. The van der Waals surface area contributed by atoms with E-state index in [-0.39, 0.29) is 24.8 Å². The van der Waals surface area contributed by atoms with Crippen molar-refractivity contribution in [2.75, 3.05) is 41.1 Å². The fraction of sp³-hybridized carbons (Fsp3) is 0.440. The Morgan fingerprint density at radius 2 is 1.62 bits per heavy atom. The Morgan fingerprint density at radius 1 is 0.969 bits per heavy atom. The van der Waals surface area contributed by atoms with E-state index >= 15 is 0 Å². The van der Waals surface area contributed by atoms with Gasteiger partial charge in [-0.15, -0.1) is 0 Å². The minimum Gasteiger partial charge on any atom is -0.496 e. The van der Waals surface area contributed by atoms with Crippen LogP contribution in [0.4, 0.5) is 0 Å². The number of esters is 1. The van der Waals surface area contributed by atoms with Crippen LogP contribution in [0.2, 0.25) is 0 Å². The summed E-state index contributed by atoms with van der Waals surface area (Å²) in [6, 6.07) is 13.2. The van der Waals surface area contributed by atoms with Crippen molar-refractivity contribution < 1.29 is 28.5 Å². The molecular formula is C25H33NO6. The van der Waals surface area contributed by atoms with Crippen molar-refractivity contribution in [2.45, 2.75) is 32.2 Å². The number of benzene rings is 2. The Bertz CT molecular complexity index is 843. The van der Waals surface area contributed by atoms with Gasteiger partial charge < -0.3 is 24.3 Å². The summed E-state index contributed by atoms with van der Waals surface area (Å²) in [4.78, 5) is 24.6. The molecule has 0 bridgehead atoms. The molecule has 0 spiro atoms. The van der Waals surface area contributed by atoms with Gasteiger partial charge in [-0.1, -0.05) is 30.3 Å². The summed E-state index contributed by atoms with van der Waals surface area (Å²) in [6.45, 7) is 3.03. The number of carbonyl (C=O) groups is 2. The molecule has 1 N–H and O–H groups in total. The predicted octanol–water partition coefficient (Wildman–Crippen LogP) is 3.37. The van der Waals surface area contributed by atoms with E-state index in [1.165, 1.54) is 12.7 Å². The Balaban J connectivity index is 2.07. The average Bonchev–Trinajstić information content (AvgIpc) is 2.83. The predicted molar refractivity (Wildman–Crippen MR) is 123 cm³/mol. The third-order valence-corrected chi connectivity index (χ3v) is 5.23. The molecule has 7 nitrogen and oxygen atoms in total. The molecule has 7 heteroatoms. The molecule has 0 heterocycles. The van der Waals surface area contributed by atoms with Gasteiger partial charge in [0.2, 0.25) is 0 Å². The van der Waals surface area contributed by atoms with Crippen molar-refractivity contribution in [3.63, 3.8) is 0 Å². The van der Waals surface area contributed by atoms with Crippen LogP contribution < -0.4 is 14.8 Å². The number of Topliss-reactive ketones (excluding diaryl/α,β-unsaturated/α-hetero) is 1. The summed E-state index contributed by atoms with van der Waals surface area (Å²) in [5, 5.41) is 3.31. The summed E-state index contributed by atoms with van der Waals surface area (Å²) in [6.07, 6.45) is 1.59. The van der Waals surface area contributed by atoms with Gasteiger partial charge >= 0.3 is 5.97 Å². The van der Waals surface area contributed by atoms with Crippen molar-refractivity contribution in [1.82, 2.24) is 5.32 Å².